The summed E-state index contributed by atoms with van der Waals surface area (Å²) in [5.41, 5.74) is 5.37. The molecule has 5 nitrogen and oxygen atoms in total. The molecule has 2 bridgehead atoms. The third-order valence-electron chi connectivity index (χ3n) is 7.15. The summed E-state index contributed by atoms with van der Waals surface area (Å²) in [6.07, 6.45) is 2.30. The zero-order valence-electron chi connectivity index (χ0n) is 17.5. The molecule has 2 aliphatic rings. The van der Waals surface area contributed by atoms with Gasteiger partial charge in [0.1, 0.15) is 0 Å². The number of aromatic nitrogens is 3. The molecular formula is C22H28N4OS. The highest BCUT2D eigenvalue weighted by Crippen LogP contribution is 2.66. The molecule has 1 N–H and O–H groups in total. The number of hydrogen-bond donors (Lipinski definition) is 1. The van der Waals surface area contributed by atoms with Gasteiger partial charge in [-0.3, -0.25) is 4.79 Å². The predicted octanol–water partition coefficient (Wildman–Crippen LogP) is 4.78. The molecule has 1 aromatic heterocycles. The third-order valence-corrected chi connectivity index (χ3v) is 8.10. The average molecular weight is 397 g/mol. The van der Waals surface area contributed by atoms with Gasteiger partial charge in [0.2, 0.25) is 11.1 Å². The van der Waals surface area contributed by atoms with Crippen LogP contribution >= 0.6 is 11.8 Å². The second kappa shape index (κ2) is 6.55. The van der Waals surface area contributed by atoms with Gasteiger partial charge in [0.15, 0.2) is 0 Å². The van der Waals surface area contributed by atoms with Crippen molar-refractivity contribution in [3.8, 4) is 0 Å². The Bertz CT molecular complexity index is 937. The van der Waals surface area contributed by atoms with Crippen molar-refractivity contribution in [3.63, 3.8) is 0 Å². The Kier molecular flexibility index (Phi) is 4.53. The zero-order valence-corrected chi connectivity index (χ0v) is 18.3. The first kappa shape index (κ1) is 19.4. The Balaban J connectivity index is 1.52. The van der Waals surface area contributed by atoms with Crippen LogP contribution in [0.2, 0.25) is 0 Å². The topological polar surface area (TPSA) is 67.8 Å². The summed E-state index contributed by atoms with van der Waals surface area (Å²) in [6, 6.07) is 6.01. The molecule has 3 atom stereocenters. The summed E-state index contributed by atoms with van der Waals surface area (Å²) in [5, 5.41) is 12.2. The van der Waals surface area contributed by atoms with Crippen molar-refractivity contribution < 1.29 is 4.79 Å². The van der Waals surface area contributed by atoms with Crippen LogP contribution in [0.1, 0.15) is 69.0 Å². The van der Waals surface area contributed by atoms with Crippen LogP contribution < -0.4 is 5.32 Å². The fourth-order valence-corrected chi connectivity index (χ4v) is 5.57. The lowest BCUT2D eigenvalue weighted by atomic mass is 9.70. The van der Waals surface area contributed by atoms with E-state index in [1.165, 1.54) is 11.8 Å². The number of anilines is 1. The molecule has 1 heterocycles. The van der Waals surface area contributed by atoms with E-state index >= 15 is 0 Å². The van der Waals surface area contributed by atoms with Gasteiger partial charge in [0, 0.05) is 17.0 Å². The first-order valence-electron chi connectivity index (χ1n) is 9.94. The Labute approximate surface area is 171 Å². The highest BCUT2D eigenvalue weighted by molar-refractivity contribution is 8.00. The highest BCUT2D eigenvalue weighted by atomic mass is 32.2. The van der Waals surface area contributed by atoms with Gasteiger partial charge in [-0.05, 0) is 50.2 Å². The average Bonchev–Trinajstić information content (AvgIpc) is 2.97. The number of nitrogens with one attached hydrogen (secondary N) is 1. The smallest absolute Gasteiger partial charge is 0.237 e. The van der Waals surface area contributed by atoms with E-state index in [0.717, 1.165) is 41.0 Å². The molecule has 1 saturated carbocycles. The lowest BCUT2D eigenvalue weighted by molar-refractivity contribution is -0.115. The lowest BCUT2D eigenvalue weighted by Gasteiger charge is -2.34. The number of carbonyl (C=O) groups excluding carboxylic acids is 1. The monoisotopic (exact) mass is 396 g/mol. The molecule has 0 saturated heterocycles. The number of amides is 1. The minimum Gasteiger partial charge on any atom is -0.325 e. The zero-order chi connectivity index (χ0) is 20.3. The first-order valence-corrected chi connectivity index (χ1v) is 10.8. The van der Waals surface area contributed by atoms with Gasteiger partial charge in [-0.25, -0.2) is 4.98 Å². The van der Waals surface area contributed by atoms with Crippen LogP contribution in [0.15, 0.2) is 23.4 Å². The molecule has 28 heavy (non-hydrogen) atoms. The van der Waals surface area contributed by atoms with E-state index < -0.39 is 0 Å². The Hall–Kier alpha value is -1.95. The number of carbonyl (C=O) groups is 1. The molecule has 2 aliphatic carbocycles. The van der Waals surface area contributed by atoms with Crippen molar-refractivity contribution in [1.82, 2.24) is 15.2 Å². The molecule has 148 valence electrons. The number of para-hydroxylation sites is 1. The standard InChI is InChI=1S/C22H28N4OS/c1-12-8-7-9-13(2)16(12)23-19(27)14(3)28-20-24-18-17(25-26-20)15-10-11-22(18,6)21(15,4)5/h7-9,14-15H,10-11H2,1-6H3,(H,23,27)/t14-,15+,22-/m0/s1. The minimum absolute atomic E-state index is 0.0421. The van der Waals surface area contributed by atoms with Crippen molar-refractivity contribution in [2.75, 3.05) is 5.32 Å². The van der Waals surface area contributed by atoms with Gasteiger partial charge in [0.25, 0.3) is 0 Å². The number of aryl methyl sites for hydroxylation is 2. The normalized spacial score (nSPS) is 25.4. The van der Waals surface area contributed by atoms with Crippen molar-refractivity contribution in [1.29, 1.82) is 0 Å². The molecule has 0 spiro atoms. The summed E-state index contributed by atoms with van der Waals surface area (Å²) < 4.78 is 0. The van der Waals surface area contributed by atoms with E-state index in [9.17, 15) is 4.79 Å². The number of benzene rings is 1. The molecule has 1 aromatic carbocycles. The second-order valence-electron chi connectivity index (χ2n) is 8.99. The molecule has 1 amide bonds. The summed E-state index contributed by atoms with van der Waals surface area (Å²) >= 11 is 1.38. The molecule has 1 fully saturated rings. The predicted molar refractivity (Wildman–Crippen MR) is 113 cm³/mol. The maximum atomic E-state index is 12.7. The Morgan fingerprint density at radius 3 is 2.57 bits per heavy atom. The molecule has 6 heteroatoms. The fourth-order valence-electron chi connectivity index (χ4n) is 4.86. The van der Waals surface area contributed by atoms with Crippen LogP contribution in [-0.2, 0) is 10.2 Å². The quantitative estimate of drug-likeness (QED) is 0.753. The molecule has 2 aromatic rings. The minimum atomic E-state index is -0.307. The van der Waals surface area contributed by atoms with E-state index in [4.69, 9.17) is 4.98 Å². The molecule has 0 radical (unpaired) electrons. The summed E-state index contributed by atoms with van der Waals surface area (Å²) in [5.74, 6) is 0.399. The maximum Gasteiger partial charge on any atom is 0.237 e. The van der Waals surface area contributed by atoms with Gasteiger partial charge in [-0.15, -0.1) is 5.10 Å². The van der Waals surface area contributed by atoms with Crippen LogP contribution in [0.3, 0.4) is 0 Å². The van der Waals surface area contributed by atoms with E-state index in [-0.39, 0.29) is 22.0 Å². The van der Waals surface area contributed by atoms with Crippen LogP contribution in [-0.4, -0.2) is 26.3 Å². The summed E-state index contributed by atoms with van der Waals surface area (Å²) in [7, 11) is 0. The molecular weight excluding hydrogens is 368 g/mol. The van der Waals surface area contributed by atoms with Gasteiger partial charge in [0.05, 0.1) is 16.6 Å². The number of fused-ring (bicyclic) bond motifs is 5. The molecule has 4 rings (SSSR count). The second-order valence-corrected chi connectivity index (χ2v) is 10.3. The number of thioether (sulfide) groups is 1. The van der Waals surface area contributed by atoms with Crippen molar-refractivity contribution in [2.45, 2.75) is 76.1 Å². The summed E-state index contributed by atoms with van der Waals surface area (Å²) in [6.45, 7) is 12.8. The SMILES string of the molecule is Cc1cccc(C)c1NC(=O)[C@H](C)Sc1nnc2c(n1)[C@]1(C)CC[C@H]2C1(C)C. The van der Waals surface area contributed by atoms with E-state index in [0.29, 0.717) is 11.1 Å². The van der Waals surface area contributed by atoms with Gasteiger partial charge in [-0.1, -0.05) is 50.7 Å². The maximum absolute atomic E-state index is 12.7. The largest absolute Gasteiger partial charge is 0.325 e. The first-order chi connectivity index (χ1) is 13.1. The van der Waals surface area contributed by atoms with Crippen LogP contribution in [0.25, 0.3) is 0 Å². The van der Waals surface area contributed by atoms with Gasteiger partial charge >= 0.3 is 0 Å². The van der Waals surface area contributed by atoms with Crippen molar-refractivity contribution in [2.24, 2.45) is 5.41 Å². The third kappa shape index (κ3) is 2.76. The van der Waals surface area contributed by atoms with Crippen LogP contribution in [0.5, 0.6) is 0 Å². The van der Waals surface area contributed by atoms with Crippen LogP contribution in [0, 0.1) is 19.3 Å². The lowest BCUT2D eigenvalue weighted by Crippen LogP contribution is -2.32. The van der Waals surface area contributed by atoms with Gasteiger partial charge < -0.3 is 5.32 Å². The number of hydrogen-bond acceptors (Lipinski definition) is 5. The number of rotatable bonds is 4. The van der Waals surface area contributed by atoms with E-state index in [1.807, 2.05) is 39.0 Å². The fraction of sp³-hybridized carbons (Fsp3) is 0.545. The van der Waals surface area contributed by atoms with Gasteiger partial charge in [-0.2, -0.15) is 5.10 Å². The van der Waals surface area contributed by atoms with Crippen LogP contribution in [0.4, 0.5) is 5.69 Å². The Morgan fingerprint density at radius 2 is 1.89 bits per heavy atom. The number of nitrogens with zero attached hydrogens (tertiary/aromatic N) is 3. The van der Waals surface area contributed by atoms with Crippen molar-refractivity contribution >= 4 is 23.4 Å². The molecule has 0 unspecified atom stereocenters. The van der Waals surface area contributed by atoms with E-state index in [2.05, 4.69) is 36.3 Å². The summed E-state index contributed by atoms with van der Waals surface area (Å²) in [4.78, 5) is 17.6. The highest BCUT2D eigenvalue weighted by Gasteiger charge is 2.61. The molecule has 0 aliphatic heterocycles. The van der Waals surface area contributed by atoms with Crippen molar-refractivity contribution in [3.05, 3.63) is 40.7 Å². The Morgan fingerprint density at radius 1 is 1.21 bits per heavy atom. The van der Waals surface area contributed by atoms with E-state index in [1.54, 1.807) is 0 Å².